The van der Waals surface area contributed by atoms with Gasteiger partial charge < -0.3 is 15.4 Å². The van der Waals surface area contributed by atoms with Crippen molar-refractivity contribution in [2.24, 2.45) is 11.7 Å². The molecule has 0 spiro atoms. The molecule has 1 aliphatic rings. The quantitative estimate of drug-likeness (QED) is 0.856. The molecule has 0 radical (unpaired) electrons. The highest BCUT2D eigenvalue weighted by Crippen LogP contribution is 2.38. The molecule has 0 aromatic heterocycles. The maximum Gasteiger partial charge on any atom is 0.227 e. The van der Waals surface area contributed by atoms with Gasteiger partial charge in [-0.2, -0.15) is 0 Å². The number of rotatable bonds is 3. The second-order valence-corrected chi connectivity index (χ2v) is 5.95. The van der Waals surface area contributed by atoms with E-state index in [2.05, 4.69) is 31.9 Å². The van der Waals surface area contributed by atoms with Crippen LogP contribution in [0, 0.1) is 5.92 Å². The minimum atomic E-state index is -0.448. The second kappa shape index (κ2) is 5.50. The van der Waals surface area contributed by atoms with Crippen LogP contribution in [0.5, 0.6) is 5.75 Å². The van der Waals surface area contributed by atoms with E-state index >= 15 is 0 Å². The molecule has 1 aliphatic heterocycles. The molecule has 0 saturated carbocycles. The molecule has 1 fully saturated rings. The van der Waals surface area contributed by atoms with Crippen molar-refractivity contribution in [3.8, 4) is 5.75 Å². The number of carbonyl (C=O) groups excluding carboxylic acids is 2. The van der Waals surface area contributed by atoms with Gasteiger partial charge in [0.1, 0.15) is 5.75 Å². The fourth-order valence-corrected chi connectivity index (χ4v) is 3.38. The number of halogens is 2. The van der Waals surface area contributed by atoms with E-state index in [4.69, 9.17) is 10.5 Å². The van der Waals surface area contributed by atoms with E-state index in [0.717, 1.165) is 8.95 Å². The van der Waals surface area contributed by atoms with Crippen LogP contribution in [0.25, 0.3) is 0 Å². The van der Waals surface area contributed by atoms with E-state index < -0.39 is 11.8 Å². The maximum atomic E-state index is 12.0. The summed E-state index contributed by atoms with van der Waals surface area (Å²) < 4.78 is 6.74. The molecule has 2 rings (SSSR count). The highest BCUT2D eigenvalue weighted by Gasteiger charge is 2.35. The van der Waals surface area contributed by atoms with Gasteiger partial charge in [0, 0.05) is 23.5 Å². The van der Waals surface area contributed by atoms with Crippen molar-refractivity contribution in [3.05, 3.63) is 21.1 Å². The highest BCUT2D eigenvalue weighted by atomic mass is 79.9. The van der Waals surface area contributed by atoms with Gasteiger partial charge in [-0.15, -0.1) is 0 Å². The molecular weight excluding hydrogens is 380 g/mol. The van der Waals surface area contributed by atoms with Crippen LogP contribution >= 0.6 is 31.9 Å². The van der Waals surface area contributed by atoms with Gasteiger partial charge in [0.2, 0.25) is 11.8 Å². The summed E-state index contributed by atoms with van der Waals surface area (Å²) in [6.45, 7) is 0.303. The van der Waals surface area contributed by atoms with E-state index in [-0.39, 0.29) is 12.3 Å². The Morgan fingerprint density at radius 2 is 2.11 bits per heavy atom. The van der Waals surface area contributed by atoms with Gasteiger partial charge >= 0.3 is 0 Å². The Balaban J connectivity index is 2.37. The van der Waals surface area contributed by atoms with Crippen LogP contribution in [0.3, 0.4) is 0 Å². The van der Waals surface area contributed by atoms with Crippen molar-refractivity contribution in [1.29, 1.82) is 0 Å². The van der Waals surface area contributed by atoms with Crippen LogP contribution < -0.4 is 15.4 Å². The van der Waals surface area contributed by atoms with E-state index in [0.29, 0.717) is 18.0 Å². The van der Waals surface area contributed by atoms with E-state index in [9.17, 15) is 9.59 Å². The summed E-state index contributed by atoms with van der Waals surface area (Å²) in [5.74, 6) is -0.382. The minimum Gasteiger partial charge on any atom is -0.495 e. The number of carbonyl (C=O) groups is 2. The average Bonchev–Trinajstić information content (AvgIpc) is 2.72. The second-order valence-electron chi connectivity index (χ2n) is 4.25. The molecule has 0 aliphatic carbocycles. The van der Waals surface area contributed by atoms with E-state index in [1.807, 2.05) is 0 Å². The lowest BCUT2D eigenvalue weighted by atomic mass is 10.1. The summed E-state index contributed by atoms with van der Waals surface area (Å²) in [5, 5.41) is 0. The van der Waals surface area contributed by atoms with Crippen LogP contribution in [0.1, 0.15) is 6.42 Å². The molecular formula is C12H12Br2N2O3. The number of hydrogen-bond acceptors (Lipinski definition) is 3. The number of methoxy groups -OCH3 is 1. The van der Waals surface area contributed by atoms with Crippen LogP contribution in [-0.2, 0) is 9.59 Å². The summed E-state index contributed by atoms with van der Waals surface area (Å²) in [7, 11) is 1.55. The Kier molecular flexibility index (Phi) is 4.15. The molecule has 2 amide bonds. The summed E-state index contributed by atoms with van der Waals surface area (Å²) in [6, 6.07) is 3.55. The molecule has 1 aromatic rings. The Labute approximate surface area is 127 Å². The lowest BCUT2D eigenvalue weighted by molar-refractivity contribution is -0.123. The van der Waals surface area contributed by atoms with Crippen molar-refractivity contribution in [3.63, 3.8) is 0 Å². The Hall–Kier alpha value is -1.08. The number of nitrogens with two attached hydrogens (primary N) is 1. The molecule has 19 heavy (non-hydrogen) atoms. The molecule has 2 N–H and O–H groups in total. The van der Waals surface area contributed by atoms with Crippen LogP contribution in [-0.4, -0.2) is 25.5 Å². The maximum absolute atomic E-state index is 12.0. The first kappa shape index (κ1) is 14.3. The van der Waals surface area contributed by atoms with Gasteiger partial charge in [0.15, 0.2) is 0 Å². The third-order valence-electron chi connectivity index (χ3n) is 3.04. The predicted octanol–water partition coefficient (Wildman–Crippen LogP) is 2.06. The Morgan fingerprint density at radius 3 is 2.63 bits per heavy atom. The lowest BCUT2D eigenvalue weighted by Crippen LogP contribution is -2.28. The van der Waals surface area contributed by atoms with Crippen LogP contribution in [0.2, 0.25) is 0 Å². The number of amides is 2. The molecule has 1 aromatic carbocycles. The molecule has 1 heterocycles. The van der Waals surface area contributed by atoms with Crippen LogP contribution in [0.15, 0.2) is 21.1 Å². The SMILES string of the molecule is COc1cc(N2CC(C(N)=O)CC2=O)c(Br)cc1Br. The Bertz CT molecular complexity index is 548. The first-order chi connectivity index (χ1) is 8.93. The summed E-state index contributed by atoms with van der Waals surface area (Å²) in [5.41, 5.74) is 5.93. The normalized spacial score (nSPS) is 18.8. The summed E-state index contributed by atoms with van der Waals surface area (Å²) in [4.78, 5) is 24.7. The first-order valence-electron chi connectivity index (χ1n) is 5.56. The smallest absolute Gasteiger partial charge is 0.227 e. The highest BCUT2D eigenvalue weighted by molar-refractivity contribution is 9.11. The van der Waals surface area contributed by atoms with Crippen molar-refractivity contribution < 1.29 is 14.3 Å². The van der Waals surface area contributed by atoms with Gasteiger partial charge in [-0.3, -0.25) is 9.59 Å². The Morgan fingerprint density at radius 1 is 1.42 bits per heavy atom. The third-order valence-corrected chi connectivity index (χ3v) is 4.29. The zero-order chi connectivity index (χ0) is 14.2. The predicted molar refractivity (Wildman–Crippen MR) is 78.0 cm³/mol. The van der Waals surface area contributed by atoms with Crippen molar-refractivity contribution >= 4 is 49.4 Å². The topological polar surface area (TPSA) is 72.6 Å². The van der Waals surface area contributed by atoms with Gasteiger partial charge in [0.25, 0.3) is 0 Å². The number of hydrogen-bond donors (Lipinski definition) is 1. The summed E-state index contributed by atoms with van der Waals surface area (Å²) in [6.07, 6.45) is 0.153. The fraction of sp³-hybridized carbons (Fsp3) is 0.333. The van der Waals surface area contributed by atoms with Gasteiger partial charge in [0.05, 0.1) is 23.2 Å². The number of anilines is 1. The van der Waals surface area contributed by atoms with Crippen molar-refractivity contribution in [2.75, 3.05) is 18.6 Å². The lowest BCUT2D eigenvalue weighted by Gasteiger charge is -2.19. The largest absolute Gasteiger partial charge is 0.495 e. The molecule has 102 valence electrons. The fourth-order valence-electron chi connectivity index (χ4n) is 2.01. The van der Waals surface area contributed by atoms with Gasteiger partial charge in [-0.25, -0.2) is 0 Å². The number of ether oxygens (including phenoxy) is 1. The minimum absolute atomic E-state index is 0.117. The van der Waals surface area contributed by atoms with Crippen LogP contribution in [0.4, 0.5) is 5.69 Å². The van der Waals surface area contributed by atoms with Crippen molar-refractivity contribution in [2.45, 2.75) is 6.42 Å². The number of benzene rings is 1. The first-order valence-corrected chi connectivity index (χ1v) is 7.15. The van der Waals surface area contributed by atoms with E-state index in [1.165, 1.54) is 0 Å². The summed E-state index contributed by atoms with van der Waals surface area (Å²) >= 11 is 6.78. The number of nitrogens with zero attached hydrogens (tertiary/aromatic N) is 1. The van der Waals surface area contributed by atoms with Gasteiger partial charge in [-0.05, 0) is 37.9 Å². The standard InChI is InChI=1S/C12H12Br2N2O3/c1-19-10-4-9(7(13)3-8(10)14)16-5-6(12(15)18)2-11(16)17/h3-4,6H,2,5H2,1H3,(H2,15,18). The molecule has 1 atom stereocenters. The molecule has 1 saturated heterocycles. The monoisotopic (exact) mass is 390 g/mol. The molecule has 0 bridgehead atoms. The molecule has 1 unspecified atom stereocenters. The molecule has 7 heteroatoms. The third kappa shape index (κ3) is 2.76. The average molecular weight is 392 g/mol. The van der Waals surface area contributed by atoms with Gasteiger partial charge in [-0.1, -0.05) is 0 Å². The zero-order valence-corrected chi connectivity index (χ0v) is 13.3. The van der Waals surface area contributed by atoms with Crippen molar-refractivity contribution in [1.82, 2.24) is 0 Å². The van der Waals surface area contributed by atoms with E-state index in [1.54, 1.807) is 24.1 Å². The zero-order valence-electron chi connectivity index (χ0n) is 10.2. The molecule has 5 nitrogen and oxygen atoms in total. The number of primary amides is 1.